The molecule has 0 spiro atoms. The molecule has 3 fully saturated rings. The number of nitrogens with zero attached hydrogens (tertiary/aromatic N) is 5. The smallest absolute Gasteiger partial charge is 0.251 e. The van der Waals surface area contributed by atoms with Gasteiger partial charge >= 0.3 is 0 Å². The third kappa shape index (κ3) is 5.81. The lowest BCUT2D eigenvalue weighted by Crippen LogP contribution is -2.51. The molecule has 2 amide bonds. The summed E-state index contributed by atoms with van der Waals surface area (Å²) >= 11 is 0. The van der Waals surface area contributed by atoms with Gasteiger partial charge in [-0.1, -0.05) is 6.07 Å². The summed E-state index contributed by atoms with van der Waals surface area (Å²) in [5.41, 5.74) is 5.24. The molecule has 1 aromatic carbocycles. The van der Waals surface area contributed by atoms with E-state index in [1.165, 1.54) is 12.8 Å². The summed E-state index contributed by atoms with van der Waals surface area (Å²) < 4.78 is 1.79. The Balaban J connectivity index is 1.19. The van der Waals surface area contributed by atoms with E-state index < -0.39 is 0 Å². The van der Waals surface area contributed by atoms with Crippen LogP contribution in [0.2, 0.25) is 0 Å². The lowest BCUT2D eigenvalue weighted by atomic mass is 9.97. The number of nitrogens with one attached hydrogen (secondary N) is 2. The van der Waals surface area contributed by atoms with E-state index in [1.807, 2.05) is 48.5 Å². The van der Waals surface area contributed by atoms with Gasteiger partial charge in [0.15, 0.2) is 0 Å². The van der Waals surface area contributed by atoms with Crippen molar-refractivity contribution in [2.75, 3.05) is 31.1 Å². The van der Waals surface area contributed by atoms with E-state index in [4.69, 9.17) is 0 Å². The zero-order chi connectivity index (χ0) is 27.6. The maximum Gasteiger partial charge on any atom is 0.251 e. The molecule has 1 aliphatic carbocycles. The Morgan fingerprint density at radius 3 is 2.50 bits per heavy atom. The predicted molar refractivity (Wildman–Crippen MR) is 156 cm³/mol. The molecule has 2 aliphatic heterocycles. The summed E-state index contributed by atoms with van der Waals surface area (Å²) in [5.74, 6) is 0.0104. The van der Waals surface area contributed by atoms with Gasteiger partial charge in [0, 0.05) is 55.5 Å². The molecular formula is C31H39N7O2. The highest BCUT2D eigenvalue weighted by Gasteiger charge is 2.31. The number of rotatable bonds is 7. The zero-order valence-electron chi connectivity index (χ0n) is 23.5. The van der Waals surface area contributed by atoms with Crippen LogP contribution in [-0.2, 0) is 4.79 Å². The number of carbonyl (C=O) groups excluding carboxylic acids is 2. The Labute approximate surface area is 236 Å². The van der Waals surface area contributed by atoms with Crippen LogP contribution < -0.4 is 15.5 Å². The normalized spacial score (nSPS) is 18.9. The molecular weight excluding hydrogens is 502 g/mol. The van der Waals surface area contributed by atoms with Crippen molar-refractivity contribution in [1.29, 1.82) is 0 Å². The lowest BCUT2D eigenvalue weighted by Gasteiger charge is -2.42. The maximum absolute atomic E-state index is 12.9. The second-order valence-electron chi connectivity index (χ2n) is 11.5. The van der Waals surface area contributed by atoms with Crippen LogP contribution in [0, 0.1) is 6.92 Å². The molecule has 0 radical (unpaired) electrons. The minimum atomic E-state index is -0.0288. The van der Waals surface area contributed by atoms with Crippen molar-refractivity contribution in [1.82, 2.24) is 30.3 Å². The quantitative estimate of drug-likeness (QED) is 0.474. The lowest BCUT2D eigenvalue weighted by molar-refractivity contribution is -0.117. The molecule has 4 heterocycles. The van der Waals surface area contributed by atoms with Crippen molar-refractivity contribution in [2.45, 2.75) is 70.5 Å². The highest BCUT2D eigenvalue weighted by atomic mass is 16.2. The Morgan fingerprint density at radius 2 is 1.77 bits per heavy atom. The molecule has 1 saturated carbocycles. The second kappa shape index (κ2) is 11.5. The summed E-state index contributed by atoms with van der Waals surface area (Å²) in [6.45, 7) is 7.92. The van der Waals surface area contributed by atoms with Gasteiger partial charge in [0.25, 0.3) is 5.91 Å². The predicted octanol–water partition coefficient (Wildman–Crippen LogP) is 3.70. The van der Waals surface area contributed by atoms with Crippen LogP contribution >= 0.6 is 0 Å². The molecule has 2 saturated heterocycles. The van der Waals surface area contributed by atoms with Crippen LogP contribution in [0.5, 0.6) is 0 Å². The number of likely N-dealkylation sites (tertiary alicyclic amines) is 1. The van der Waals surface area contributed by atoms with Crippen LogP contribution in [0.1, 0.15) is 61.4 Å². The highest BCUT2D eigenvalue weighted by Crippen LogP contribution is 2.29. The molecule has 3 aromatic rings. The minimum Gasteiger partial charge on any atom is -0.349 e. The molecule has 2 N–H and O–H groups in total. The number of carbonyl (C=O) groups is 2. The number of amides is 2. The number of benzene rings is 1. The summed E-state index contributed by atoms with van der Waals surface area (Å²) in [6, 6.07) is 8.93. The first-order valence-corrected chi connectivity index (χ1v) is 14.6. The average Bonchev–Trinajstić information content (AvgIpc) is 3.65. The molecule has 40 heavy (non-hydrogen) atoms. The number of hydrogen-bond acceptors (Lipinski definition) is 6. The summed E-state index contributed by atoms with van der Waals surface area (Å²) in [7, 11) is 0. The van der Waals surface area contributed by atoms with E-state index in [2.05, 4.69) is 25.6 Å². The molecule has 9 nitrogen and oxygen atoms in total. The van der Waals surface area contributed by atoms with Gasteiger partial charge in [-0.05, 0) is 87.9 Å². The van der Waals surface area contributed by atoms with E-state index in [0.717, 1.165) is 79.9 Å². The van der Waals surface area contributed by atoms with Crippen LogP contribution in [0.3, 0.4) is 0 Å². The fraction of sp³-hybridized carbons (Fsp3) is 0.484. The van der Waals surface area contributed by atoms with Gasteiger partial charge in [0.1, 0.15) is 0 Å². The van der Waals surface area contributed by atoms with Crippen LogP contribution in [0.15, 0.2) is 49.1 Å². The van der Waals surface area contributed by atoms with Crippen molar-refractivity contribution in [2.24, 2.45) is 0 Å². The van der Waals surface area contributed by atoms with Gasteiger partial charge in [-0.3, -0.25) is 14.6 Å². The Kier molecular flexibility index (Phi) is 7.67. The number of hydrogen-bond donors (Lipinski definition) is 2. The molecule has 2 aromatic heterocycles. The van der Waals surface area contributed by atoms with Gasteiger partial charge in [-0.25, -0.2) is 4.68 Å². The fourth-order valence-corrected chi connectivity index (χ4v) is 6.18. The number of anilines is 1. The van der Waals surface area contributed by atoms with Crippen molar-refractivity contribution in [3.8, 4) is 16.8 Å². The van der Waals surface area contributed by atoms with Gasteiger partial charge in [-0.15, -0.1) is 0 Å². The number of aromatic nitrogens is 3. The van der Waals surface area contributed by atoms with E-state index in [0.29, 0.717) is 17.6 Å². The molecule has 0 unspecified atom stereocenters. The summed E-state index contributed by atoms with van der Waals surface area (Å²) in [6.07, 6.45) is 13.8. The third-order valence-corrected chi connectivity index (χ3v) is 8.59. The SMILES string of the molecule is CC(=O)N(c1cncc(-n2cc(-c3cc(C(=O)NC4CC4)ccc3C)cn2)c1)C1CCN(C2CCNCC2)CC1. The van der Waals surface area contributed by atoms with Gasteiger partial charge in [0.05, 0.1) is 30.0 Å². The number of aryl methyl sites for hydroxylation is 1. The summed E-state index contributed by atoms with van der Waals surface area (Å²) in [5, 5.41) is 11.1. The summed E-state index contributed by atoms with van der Waals surface area (Å²) in [4.78, 5) is 34.5. The maximum atomic E-state index is 12.9. The van der Waals surface area contributed by atoms with E-state index in [-0.39, 0.29) is 17.9 Å². The highest BCUT2D eigenvalue weighted by molar-refractivity contribution is 5.96. The van der Waals surface area contributed by atoms with Gasteiger partial charge < -0.3 is 20.4 Å². The van der Waals surface area contributed by atoms with Crippen molar-refractivity contribution in [3.05, 3.63) is 60.2 Å². The molecule has 0 atom stereocenters. The second-order valence-corrected chi connectivity index (χ2v) is 11.5. The Morgan fingerprint density at radius 1 is 1.00 bits per heavy atom. The van der Waals surface area contributed by atoms with Gasteiger partial charge in [-0.2, -0.15) is 5.10 Å². The first kappa shape index (κ1) is 26.7. The Hall–Kier alpha value is -3.56. The minimum absolute atomic E-state index is 0.0288. The van der Waals surface area contributed by atoms with E-state index in [9.17, 15) is 9.59 Å². The number of pyridine rings is 1. The van der Waals surface area contributed by atoms with Crippen LogP contribution in [0.25, 0.3) is 16.8 Å². The van der Waals surface area contributed by atoms with Crippen molar-refractivity contribution in [3.63, 3.8) is 0 Å². The fourth-order valence-electron chi connectivity index (χ4n) is 6.18. The first-order valence-electron chi connectivity index (χ1n) is 14.6. The molecule has 6 rings (SSSR count). The van der Waals surface area contributed by atoms with Crippen molar-refractivity contribution < 1.29 is 9.59 Å². The van der Waals surface area contributed by atoms with Crippen molar-refractivity contribution >= 4 is 17.5 Å². The molecule has 0 bridgehead atoms. The first-order chi connectivity index (χ1) is 19.5. The zero-order valence-corrected chi connectivity index (χ0v) is 23.5. The van der Waals surface area contributed by atoms with Gasteiger partial charge in [0.2, 0.25) is 5.91 Å². The molecule has 3 aliphatic rings. The monoisotopic (exact) mass is 541 g/mol. The Bertz CT molecular complexity index is 1370. The topological polar surface area (TPSA) is 95.4 Å². The molecule has 9 heteroatoms. The number of piperidine rings is 2. The van der Waals surface area contributed by atoms with Crippen LogP contribution in [-0.4, -0.2) is 75.8 Å². The largest absolute Gasteiger partial charge is 0.349 e. The van der Waals surface area contributed by atoms with E-state index >= 15 is 0 Å². The molecule has 210 valence electrons. The third-order valence-electron chi connectivity index (χ3n) is 8.59. The standard InChI is InChI=1S/C31H39N7O2/c1-21-3-4-23(31(40)35-25-5-6-25)15-30(21)24-17-34-37(20-24)28-16-29(19-33-18-28)38(22(2)39)27-9-13-36(14-10-27)26-7-11-32-12-8-26/h3-4,15-20,25-27,32H,5-14H2,1-2H3,(H,35,40). The van der Waals surface area contributed by atoms with E-state index in [1.54, 1.807) is 24.0 Å². The average molecular weight is 542 g/mol. The van der Waals surface area contributed by atoms with Crippen LogP contribution in [0.4, 0.5) is 5.69 Å².